The molecule has 0 aromatic heterocycles. The van der Waals surface area contributed by atoms with Crippen LogP contribution < -0.4 is 14.5 Å². The second-order valence-corrected chi connectivity index (χ2v) is 10.8. The number of ether oxygens (including phenoxy) is 1. The zero-order valence-electron chi connectivity index (χ0n) is 19.3. The van der Waals surface area contributed by atoms with Crippen LogP contribution in [0.1, 0.15) is 38.8 Å². The van der Waals surface area contributed by atoms with E-state index in [9.17, 15) is 23.1 Å². The van der Waals surface area contributed by atoms with E-state index in [1.165, 1.54) is 23.9 Å². The first-order valence-corrected chi connectivity index (χ1v) is 12.0. The Morgan fingerprint density at radius 1 is 1.20 bits per heavy atom. The number of anilines is 2. The monoisotopic (exact) mass is 521 g/mol. The summed E-state index contributed by atoms with van der Waals surface area (Å²) in [6, 6.07) is 9.89. The zero-order chi connectivity index (χ0) is 25.9. The number of hydrogen-bond acceptors (Lipinski definition) is 6. The van der Waals surface area contributed by atoms with Crippen molar-refractivity contribution in [2.45, 2.75) is 56.0 Å². The van der Waals surface area contributed by atoms with Crippen molar-refractivity contribution in [1.29, 1.82) is 5.26 Å². The first-order chi connectivity index (χ1) is 16.2. The van der Waals surface area contributed by atoms with Crippen LogP contribution >= 0.6 is 24.0 Å². The molecule has 0 bridgehead atoms. The maximum Gasteiger partial charge on any atom is 0.417 e. The van der Waals surface area contributed by atoms with Gasteiger partial charge in [0.25, 0.3) is 5.91 Å². The lowest BCUT2D eigenvalue weighted by Crippen LogP contribution is -2.45. The third-order valence-electron chi connectivity index (χ3n) is 5.99. The minimum Gasteiger partial charge on any atom is -0.485 e. The van der Waals surface area contributed by atoms with Gasteiger partial charge >= 0.3 is 6.18 Å². The van der Waals surface area contributed by atoms with E-state index >= 15 is 0 Å². The van der Waals surface area contributed by atoms with Gasteiger partial charge in [-0.3, -0.25) is 9.69 Å². The Kier molecular flexibility index (Phi) is 6.07. The number of halogens is 3. The third kappa shape index (κ3) is 4.35. The number of thiocarbonyl (C=S) groups is 1. The first-order valence-electron chi connectivity index (χ1n) is 10.6. The van der Waals surface area contributed by atoms with Gasteiger partial charge in [0.2, 0.25) is 0 Å². The number of thioether (sulfide) groups is 1. The largest absolute Gasteiger partial charge is 0.485 e. The van der Waals surface area contributed by atoms with Gasteiger partial charge in [-0.1, -0.05) is 0 Å². The molecule has 0 spiro atoms. The highest BCUT2D eigenvalue weighted by molar-refractivity contribution is 7.99. The third-order valence-corrected chi connectivity index (χ3v) is 7.45. The van der Waals surface area contributed by atoms with Crippen molar-refractivity contribution in [1.82, 2.24) is 0 Å². The molecule has 4 rings (SSSR count). The van der Waals surface area contributed by atoms with Gasteiger partial charge in [0.1, 0.15) is 17.4 Å². The van der Waals surface area contributed by atoms with E-state index in [2.05, 4.69) is 0 Å². The van der Waals surface area contributed by atoms with Gasteiger partial charge in [0, 0.05) is 11.4 Å². The number of alkyl halides is 3. The number of carbonyl (C=O) groups is 1. The van der Waals surface area contributed by atoms with Gasteiger partial charge in [0.15, 0.2) is 5.11 Å². The molecule has 0 radical (unpaired) electrons. The number of aliphatic hydroxyl groups is 1. The van der Waals surface area contributed by atoms with E-state index in [1.54, 1.807) is 44.7 Å². The molecule has 2 aromatic rings. The molecule has 35 heavy (non-hydrogen) atoms. The molecule has 11 heteroatoms. The van der Waals surface area contributed by atoms with Gasteiger partial charge in [-0.05, 0) is 76.3 Å². The summed E-state index contributed by atoms with van der Waals surface area (Å²) in [7, 11) is 0. The predicted octanol–water partition coefficient (Wildman–Crippen LogP) is 5.12. The smallest absolute Gasteiger partial charge is 0.417 e. The summed E-state index contributed by atoms with van der Waals surface area (Å²) in [4.78, 5) is 16.8. The lowest BCUT2D eigenvalue weighted by Gasteiger charge is -2.35. The van der Waals surface area contributed by atoms with Crippen molar-refractivity contribution in [3.63, 3.8) is 0 Å². The van der Waals surface area contributed by atoms with Crippen LogP contribution in [0.4, 0.5) is 24.5 Å². The molecule has 184 valence electrons. The van der Waals surface area contributed by atoms with Crippen molar-refractivity contribution in [2.75, 3.05) is 15.6 Å². The zero-order valence-corrected chi connectivity index (χ0v) is 20.9. The lowest BCUT2D eigenvalue weighted by molar-refractivity contribution is -0.137. The van der Waals surface area contributed by atoms with Crippen LogP contribution in [0.15, 0.2) is 41.3 Å². The number of benzene rings is 2. The Bertz CT molecular complexity index is 1270. The molecule has 2 aliphatic heterocycles. The highest BCUT2D eigenvalue weighted by Gasteiger charge is 2.51. The number of amides is 1. The molecular formula is C24H22F3N3O3S2. The number of nitrogens with zero attached hydrogens (tertiary/aromatic N) is 3. The number of nitriles is 1. The summed E-state index contributed by atoms with van der Waals surface area (Å²) in [6.45, 7) is 6.64. The topological polar surface area (TPSA) is 76.8 Å². The molecule has 2 heterocycles. The van der Waals surface area contributed by atoms with Crippen LogP contribution in [0.5, 0.6) is 5.75 Å². The second-order valence-electron chi connectivity index (χ2n) is 9.36. The average molecular weight is 522 g/mol. The van der Waals surface area contributed by atoms with Crippen LogP contribution in [0, 0.1) is 11.3 Å². The predicted molar refractivity (Wildman–Crippen MR) is 131 cm³/mol. The molecular weight excluding hydrogens is 499 g/mol. The van der Waals surface area contributed by atoms with E-state index < -0.39 is 40.5 Å². The summed E-state index contributed by atoms with van der Waals surface area (Å²) < 4.78 is 46.5. The van der Waals surface area contributed by atoms with Gasteiger partial charge in [0.05, 0.1) is 33.4 Å². The van der Waals surface area contributed by atoms with Crippen LogP contribution in [-0.2, 0) is 11.0 Å². The number of hydrogen-bond donors (Lipinski definition) is 1. The van der Waals surface area contributed by atoms with Crippen molar-refractivity contribution in [3.8, 4) is 11.8 Å². The molecule has 1 N–H and O–H groups in total. The summed E-state index contributed by atoms with van der Waals surface area (Å²) in [5.41, 5.74) is -3.36. The van der Waals surface area contributed by atoms with Crippen LogP contribution in [-0.4, -0.2) is 39.1 Å². The van der Waals surface area contributed by atoms with Crippen molar-refractivity contribution < 1.29 is 27.8 Å². The highest BCUT2D eigenvalue weighted by atomic mass is 32.2. The molecule has 1 fully saturated rings. The minimum absolute atomic E-state index is 0.0221. The van der Waals surface area contributed by atoms with E-state index in [-0.39, 0.29) is 10.8 Å². The fourth-order valence-corrected chi connectivity index (χ4v) is 5.80. The van der Waals surface area contributed by atoms with Gasteiger partial charge in [-0.2, -0.15) is 18.4 Å². The Labute approximate surface area is 210 Å². The number of carbonyl (C=O) groups excluding carboxylic acids is 1. The number of fused-ring (bicyclic) bond motifs is 1. The Hall–Kier alpha value is -2.81. The lowest BCUT2D eigenvalue weighted by atomic mass is 10.0. The van der Waals surface area contributed by atoms with Crippen molar-refractivity contribution in [3.05, 3.63) is 47.5 Å². The highest BCUT2D eigenvalue weighted by Crippen LogP contribution is 2.44. The average Bonchev–Trinajstić information content (AvgIpc) is 2.95. The van der Waals surface area contributed by atoms with E-state index in [0.29, 0.717) is 17.2 Å². The summed E-state index contributed by atoms with van der Waals surface area (Å²) in [5, 5.41) is 19.4. The Morgan fingerprint density at radius 3 is 2.46 bits per heavy atom. The normalized spacial score (nSPS) is 19.9. The maximum atomic E-state index is 13.5. The van der Waals surface area contributed by atoms with Gasteiger partial charge in [-0.25, -0.2) is 0 Å². The van der Waals surface area contributed by atoms with Gasteiger partial charge in [-0.15, -0.1) is 11.8 Å². The fraction of sp³-hybridized carbons (Fsp3) is 0.375. The molecule has 0 aliphatic carbocycles. The summed E-state index contributed by atoms with van der Waals surface area (Å²) >= 11 is 7.08. The second kappa shape index (κ2) is 8.40. The van der Waals surface area contributed by atoms with E-state index in [1.807, 2.05) is 6.07 Å². The first kappa shape index (κ1) is 25.3. The van der Waals surface area contributed by atoms with Crippen LogP contribution in [0.25, 0.3) is 0 Å². The standard InChI is InChI=1S/C24H22F3N3O3S2/c1-22(2)20(31)29(14-6-5-13(11-28)16(9-14)24(25,26)27)21(34)30(22)15-7-8-17-18(10-15)35-12-19(33-17)23(3,4)32/h5-10,19,32H,12H2,1-4H3. The molecule has 2 aromatic carbocycles. The van der Waals surface area contributed by atoms with Crippen molar-refractivity contribution in [2.24, 2.45) is 0 Å². The Morgan fingerprint density at radius 2 is 1.86 bits per heavy atom. The van der Waals surface area contributed by atoms with Crippen molar-refractivity contribution >= 4 is 46.4 Å². The maximum absolute atomic E-state index is 13.5. The summed E-state index contributed by atoms with van der Waals surface area (Å²) in [6.07, 6.45) is -5.16. The SMILES string of the molecule is CC(C)(O)C1CSc2cc(N3C(=S)N(c4ccc(C#N)c(C(F)(F)F)c4)C(=O)C3(C)C)ccc2O1. The molecule has 0 saturated carbocycles. The molecule has 1 unspecified atom stereocenters. The van der Waals surface area contributed by atoms with Gasteiger partial charge < -0.3 is 14.7 Å². The van der Waals surface area contributed by atoms with Crippen LogP contribution in [0.2, 0.25) is 0 Å². The quantitative estimate of drug-likeness (QED) is 0.562. The van der Waals surface area contributed by atoms with E-state index in [0.717, 1.165) is 21.9 Å². The van der Waals surface area contributed by atoms with E-state index in [4.69, 9.17) is 22.2 Å². The summed E-state index contributed by atoms with van der Waals surface area (Å²) in [5.74, 6) is 0.610. The molecule has 1 saturated heterocycles. The molecule has 1 amide bonds. The fourth-order valence-electron chi connectivity index (χ4n) is 4.01. The molecule has 6 nitrogen and oxygen atoms in total. The minimum atomic E-state index is -4.77. The number of rotatable bonds is 3. The molecule has 1 atom stereocenters. The van der Waals surface area contributed by atoms with Crippen LogP contribution in [0.3, 0.4) is 0 Å². The Balaban J connectivity index is 1.72. The molecule has 2 aliphatic rings.